The van der Waals surface area contributed by atoms with Gasteiger partial charge in [-0.25, -0.2) is 4.72 Å². The summed E-state index contributed by atoms with van der Waals surface area (Å²) in [7, 11) is -3.30. The van der Waals surface area contributed by atoms with E-state index in [1.54, 1.807) is 4.31 Å². The van der Waals surface area contributed by atoms with Crippen LogP contribution in [-0.4, -0.2) is 70.0 Å². The minimum atomic E-state index is -3.30. The number of nitrogens with one attached hydrogen (secondary N) is 1. The van der Waals surface area contributed by atoms with E-state index < -0.39 is 10.2 Å². The second kappa shape index (κ2) is 9.17. The lowest BCUT2D eigenvalue weighted by Crippen LogP contribution is -2.47. The van der Waals surface area contributed by atoms with Crippen molar-refractivity contribution in [1.29, 1.82) is 0 Å². The van der Waals surface area contributed by atoms with Crippen LogP contribution >= 0.6 is 0 Å². The fourth-order valence-electron chi connectivity index (χ4n) is 3.69. The monoisotopic (exact) mass is 380 g/mol. The molecule has 0 aromatic heterocycles. The highest BCUT2D eigenvalue weighted by Crippen LogP contribution is 2.18. The quantitative estimate of drug-likeness (QED) is 0.733. The summed E-state index contributed by atoms with van der Waals surface area (Å²) in [4.78, 5) is 4.84. The number of para-hydroxylation sites is 1. The standard InChI is InChI=1S/C19H32N4O2S/c1-18-8-12-23(13-9-18)26(24,25)20-10-5-11-21-14-16-22(17-15-21)19-6-3-2-4-7-19/h2-4,6-7,18,20H,5,8-17H2,1H3. The molecule has 2 aliphatic heterocycles. The van der Waals surface area contributed by atoms with Gasteiger partial charge in [0.25, 0.3) is 10.2 Å². The average Bonchev–Trinajstić information content (AvgIpc) is 2.67. The maximum absolute atomic E-state index is 12.3. The molecule has 0 saturated carbocycles. The van der Waals surface area contributed by atoms with Crippen LogP contribution in [0.1, 0.15) is 26.2 Å². The van der Waals surface area contributed by atoms with Gasteiger partial charge in [-0.1, -0.05) is 25.1 Å². The van der Waals surface area contributed by atoms with E-state index in [1.165, 1.54) is 5.69 Å². The summed E-state index contributed by atoms with van der Waals surface area (Å²) in [5.41, 5.74) is 1.29. The first-order valence-electron chi connectivity index (χ1n) is 9.82. The highest BCUT2D eigenvalue weighted by atomic mass is 32.2. The summed E-state index contributed by atoms with van der Waals surface area (Å²) in [6, 6.07) is 10.5. The summed E-state index contributed by atoms with van der Waals surface area (Å²) in [5, 5.41) is 0. The Morgan fingerprint density at radius 1 is 1.00 bits per heavy atom. The van der Waals surface area contributed by atoms with Crippen LogP contribution in [0.2, 0.25) is 0 Å². The van der Waals surface area contributed by atoms with Gasteiger partial charge in [0.2, 0.25) is 0 Å². The van der Waals surface area contributed by atoms with Gasteiger partial charge in [-0.15, -0.1) is 0 Å². The fourth-order valence-corrected chi connectivity index (χ4v) is 4.97. The normalized spacial score (nSPS) is 21.2. The molecule has 7 heteroatoms. The average molecular weight is 381 g/mol. The fraction of sp³-hybridized carbons (Fsp3) is 0.684. The number of rotatable bonds is 7. The SMILES string of the molecule is CC1CCN(S(=O)(=O)NCCCN2CCN(c3ccccc3)CC2)CC1. The van der Waals surface area contributed by atoms with Gasteiger partial charge in [0.1, 0.15) is 0 Å². The van der Waals surface area contributed by atoms with Crippen LogP contribution in [0.3, 0.4) is 0 Å². The molecule has 1 aromatic rings. The summed E-state index contributed by atoms with van der Waals surface area (Å²) < 4.78 is 29.1. The van der Waals surface area contributed by atoms with Gasteiger partial charge in [0.05, 0.1) is 0 Å². The largest absolute Gasteiger partial charge is 0.369 e. The highest BCUT2D eigenvalue weighted by Gasteiger charge is 2.25. The van der Waals surface area contributed by atoms with Crippen molar-refractivity contribution in [3.8, 4) is 0 Å². The van der Waals surface area contributed by atoms with Gasteiger partial charge in [0, 0.05) is 51.5 Å². The molecule has 0 unspecified atom stereocenters. The summed E-state index contributed by atoms with van der Waals surface area (Å²) in [6.07, 6.45) is 2.79. The summed E-state index contributed by atoms with van der Waals surface area (Å²) in [6.45, 7) is 9.08. The molecule has 6 nitrogen and oxygen atoms in total. The first kappa shape index (κ1) is 19.6. The van der Waals surface area contributed by atoms with Crippen molar-refractivity contribution in [1.82, 2.24) is 13.9 Å². The minimum Gasteiger partial charge on any atom is -0.369 e. The molecule has 2 heterocycles. The van der Waals surface area contributed by atoms with E-state index >= 15 is 0 Å². The number of piperidine rings is 1. The molecule has 0 amide bonds. The zero-order chi connectivity index (χ0) is 18.4. The predicted octanol–water partition coefficient (Wildman–Crippen LogP) is 1.76. The molecule has 0 aliphatic carbocycles. The zero-order valence-electron chi connectivity index (χ0n) is 15.8. The van der Waals surface area contributed by atoms with Crippen molar-refractivity contribution in [2.75, 3.05) is 57.3 Å². The number of anilines is 1. The molecule has 146 valence electrons. The van der Waals surface area contributed by atoms with E-state index in [0.717, 1.165) is 52.0 Å². The van der Waals surface area contributed by atoms with Gasteiger partial charge in [0.15, 0.2) is 0 Å². The van der Waals surface area contributed by atoms with Crippen LogP contribution in [0, 0.1) is 5.92 Å². The van der Waals surface area contributed by atoms with Crippen molar-refractivity contribution in [2.45, 2.75) is 26.2 Å². The molecule has 2 saturated heterocycles. The van der Waals surface area contributed by atoms with Crippen LogP contribution in [-0.2, 0) is 10.2 Å². The first-order chi connectivity index (χ1) is 12.5. The van der Waals surface area contributed by atoms with Gasteiger partial charge < -0.3 is 4.90 Å². The van der Waals surface area contributed by atoms with Crippen LogP contribution in [0.5, 0.6) is 0 Å². The third-order valence-electron chi connectivity index (χ3n) is 5.51. The second-order valence-corrected chi connectivity index (χ2v) is 9.25. The molecule has 2 fully saturated rings. The van der Waals surface area contributed by atoms with Crippen molar-refractivity contribution in [3.05, 3.63) is 30.3 Å². The highest BCUT2D eigenvalue weighted by molar-refractivity contribution is 7.87. The molecule has 0 spiro atoms. The van der Waals surface area contributed by atoms with Crippen molar-refractivity contribution in [2.24, 2.45) is 5.92 Å². The predicted molar refractivity (Wildman–Crippen MR) is 107 cm³/mol. The van der Waals surface area contributed by atoms with Crippen molar-refractivity contribution in [3.63, 3.8) is 0 Å². The third-order valence-corrected chi connectivity index (χ3v) is 7.13. The Hall–Kier alpha value is -1.15. The van der Waals surface area contributed by atoms with Gasteiger partial charge in [-0.2, -0.15) is 12.7 Å². The van der Waals surface area contributed by atoms with Crippen molar-refractivity contribution < 1.29 is 8.42 Å². The van der Waals surface area contributed by atoms with Crippen LogP contribution in [0.4, 0.5) is 5.69 Å². The molecule has 3 rings (SSSR count). The number of benzene rings is 1. The lowest BCUT2D eigenvalue weighted by Gasteiger charge is -2.36. The maximum Gasteiger partial charge on any atom is 0.279 e. The maximum atomic E-state index is 12.3. The first-order valence-corrected chi connectivity index (χ1v) is 11.3. The smallest absolute Gasteiger partial charge is 0.279 e. The molecular weight excluding hydrogens is 348 g/mol. The van der Waals surface area contributed by atoms with Gasteiger partial charge in [-0.3, -0.25) is 4.90 Å². The van der Waals surface area contributed by atoms with Gasteiger partial charge >= 0.3 is 0 Å². The van der Waals surface area contributed by atoms with Crippen LogP contribution < -0.4 is 9.62 Å². The zero-order valence-corrected chi connectivity index (χ0v) is 16.6. The summed E-state index contributed by atoms with van der Waals surface area (Å²) in [5.74, 6) is 0.635. The van der Waals surface area contributed by atoms with E-state index in [0.29, 0.717) is 25.6 Å². The number of hydrogen-bond acceptors (Lipinski definition) is 4. The Labute approximate surface area is 158 Å². The Morgan fingerprint density at radius 3 is 2.31 bits per heavy atom. The molecule has 1 N–H and O–H groups in total. The Balaban J connectivity index is 1.33. The molecular formula is C19H32N4O2S. The van der Waals surface area contributed by atoms with E-state index in [4.69, 9.17) is 0 Å². The number of hydrogen-bond donors (Lipinski definition) is 1. The van der Waals surface area contributed by atoms with Crippen LogP contribution in [0.25, 0.3) is 0 Å². The van der Waals surface area contributed by atoms with E-state index in [2.05, 4.69) is 45.7 Å². The van der Waals surface area contributed by atoms with Gasteiger partial charge in [-0.05, 0) is 43.9 Å². The topological polar surface area (TPSA) is 55.9 Å². The lowest BCUT2D eigenvalue weighted by atomic mass is 10.0. The molecule has 0 atom stereocenters. The minimum absolute atomic E-state index is 0.521. The Bertz CT molecular complexity index is 637. The van der Waals surface area contributed by atoms with E-state index in [1.807, 2.05) is 6.07 Å². The Kier molecular flexibility index (Phi) is 6.92. The molecule has 26 heavy (non-hydrogen) atoms. The van der Waals surface area contributed by atoms with E-state index in [-0.39, 0.29) is 0 Å². The summed E-state index contributed by atoms with van der Waals surface area (Å²) >= 11 is 0. The third kappa shape index (κ3) is 5.42. The molecule has 0 bridgehead atoms. The lowest BCUT2D eigenvalue weighted by molar-refractivity contribution is 0.254. The molecule has 1 aromatic carbocycles. The molecule has 0 radical (unpaired) electrons. The van der Waals surface area contributed by atoms with Crippen LogP contribution in [0.15, 0.2) is 30.3 Å². The number of nitrogens with zero attached hydrogens (tertiary/aromatic N) is 3. The van der Waals surface area contributed by atoms with E-state index in [9.17, 15) is 8.42 Å². The van der Waals surface area contributed by atoms with Crippen molar-refractivity contribution >= 4 is 15.9 Å². The molecule has 2 aliphatic rings. The Morgan fingerprint density at radius 2 is 1.65 bits per heavy atom. The number of piperazine rings is 1. The second-order valence-electron chi connectivity index (χ2n) is 7.50.